The van der Waals surface area contributed by atoms with Crippen LogP contribution in [-0.4, -0.2) is 38.5 Å². The van der Waals surface area contributed by atoms with E-state index in [-0.39, 0.29) is 13.2 Å². The first kappa shape index (κ1) is 22.7. The predicted octanol–water partition coefficient (Wildman–Crippen LogP) is 4.53. The van der Waals surface area contributed by atoms with Crippen molar-refractivity contribution < 1.29 is 17.7 Å². The van der Waals surface area contributed by atoms with Gasteiger partial charge in [0.1, 0.15) is 0 Å². The molecule has 0 aliphatic heterocycles. The fourth-order valence-corrected chi connectivity index (χ4v) is 4.71. The van der Waals surface area contributed by atoms with Gasteiger partial charge in [0.2, 0.25) is 0 Å². The van der Waals surface area contributed by atoms with Gasteiger partial charge in [-0.2, -0.15) is 8.42 Å². The molecule has 0 spiro atoms. The van der Waals surface area contributed by atoms with E-state index in [0.717, 1.165) is 23.6 Å². The fourth-order valence-electron chi connectivity index (χ4n) is 4.24. The smallest absolute Gasteiger partial charge is 0.264 e. The second-order valence-electron chi connectivity index (χ2n) is 8.65. The van der Waals surface area contributed by atoms with Crippen LogP contribution in [0, 0.1) is 0 Å². The van der Waals surface area contributed by atoms with Crippen molar-refractivity contribution >= 4 is 42.4 Å². The predicted molar refractivity (Wildman–Crippen MR) is 131 cm³/mol. The summed E-state index contributed by atoms with van der Waals surface area (Å²) >= 11 is 0. The number of rotatable bonds is 8. The van der Waals surface area contributed by atoms with Crippen molar-refractivity contribution in [2.45, 2.75) is 32.4 Å². The van der Waals surface area contributed by atoms with Crippen LogP contribution in [0.2, 0.25) is 0 Å². The van der Waals surface area contributed by atoms with Crippen molar-refractivity contribution in [3.8, 4) is 0 Å². The van der Waals surface area contributed by atoms with E-state index in [2.05, 4.69) is 66.8 Å². The summed E-state index contributed by atoms with van der Waals surface area (Å²) in [7, 11) is -3.60. The Morgan fingerprint density at radius 3 is 1.88 bits per heavy atom. The number of aliphatic hydroxyl groups is 1. The highest BCUT2D eigenvalue weighted by molar-refractivity contribution is 7.85. The standard InChI is InChI=1S/C26H29NO4S/c1-4-18-13-24-23-12-8-6-10-21(23)19(14-25(24)22-11-7-5-9-20(18)22)15-27-26(2,16-28)17-31-32(3,29)30/h5-14,27-28H,4,15-17H2,1-3H3. The number of aliphatic hydroxyl groups excluding tert-OH is 1. The number of hydrogen-bond donors (Lipinski definition) is 2. The third-order valence-corrected chi connectivity index (χ3v) is 6.63. The molecule has 168 valence electrons. The second-order valence-corrected chi connectivity index (χ2v) is 10.3. The number of fused-ring (bicyclic) bond motifs is 5. The molecule has 0 saturated heterocycles. The molecule has 0 heterocycles. The highest BCUT2D eigenvalue weighted by Crippen LogP contribution is 2.35. The molecule has 6 heteroatoms. The largest absolute Gasteiger partial charge is 0.394 e. The van der Waals surface area contributed by atoms with E-state index in [1.165, 1.54) is 32.5 Å². The molecule has 1 atom stereocenters. The van der Waals surface area contributed by atoms with Gasteiger partial charge in [-0.05, 0) is 68.9 Å². The van der Waals surface area contributed by atoms with Crippen molar-refractivity contribution in [2.24, 2.45) is 0 Å². The van der Waals surface area contributed by atoms with E-state index in [0.29, 0.717) is 6.54 Å². The van der Waals surface area contributed by atoms with Crippen LogP contribution in [-0.2, 0) is 27.3 Å². The van der Waals surface area contributed by atoms with Crippen molar-refractivity contribution in [3.05, 3.63) is 71.8 Å². The minimum absolute atomic E-state index is 0.142. The first-order chi connectivity index (χ1) is 15.2. The lowest BCUT2D eigenvalue weighted by Crippen LogP contribution is -2.49. The highest BCUT2D eigenvalue weighted by Gasteiger charge is 2.25. The van der Waals surface area contributed by atoms with E-state index < -0.39 is 15.7 Å². The maximum Gasteiger partial charge on any atom is 0.264 e. The molecule has 0 aromatic heterocycles. The topological polar surface area (TPSA) is 75.6 Å². The van der Waals surface area contributed by atoms with Crippen LogP contribution in [0.5, 0.6) is 0 Å². The van der Waals surface area contributed by atoms with Gasteiger partial charge < -0.3 is 10.4 Å². The van der Waals surface area contributed by atoms with Gasteiger partial charge in [0, 0.05) is 6.54 Å². The monoisotopic (exact) mass is 451 g/mol. The molecule has 0 amide bonds. The molecule has 2 N–H and O–H groups in total. The van der Waals surface area contributed by atoms with Gasteiger partial charge in [-0.15, -0.1) is 0 Å². The van der Waals surface area contributed by atoms with Crippen LogP contribution in [0.25, 0.3) is 32.3 Å². The summed E-state index contributed by atoms with van der Waals surface area (Å²) in [5.41, 5.74) is 1.52. The zero-order valence-electron chi connectivity index (χ0n) is 18.7. The number of benzene rings is 4. The van der Waals surface area contributed by atoms with Crippen molar-refractivity contribution in [3.63, 3.8) is 0 Å². The van der Waals surface area contributed by atoms with E-state index in [1.807, 2.05) is 6.07 Å². The summed E-state index contributed by atoms with van der Waals surface area (Å²) in [6.07, 6.45) is 1.97. The van der Waals surface area contributed by atoms with Crippen molar-refractivity contribution in [1.82, 2.24) is 5.32 Å². The van der Waals surface area contributed by atoms with Crippen LogP contribution in [0.3, 0.4) is 0 Å². The Morgan fingerprint density at radius 2 is 1.38 bits per heavy atom. The van der Waals surface area contributed by atoms with Gasteiger partial charge in [-0.25, -0.2) is 0 Å². The lowest BCUT2D eigenvalue weighted by Gasteiger charge is -2.28. The van der Waals surface area contributed by atoms with Crippen molar-refractivity contribution in [2.75, 3.05) is 19.5 Å². The first-order valence-corrected chi connectivity index (χ1v) is 12.6. The molecule has 4 aromatic rings. The molecule has 4 aromatic carbocycles. The Hall–Kier alpha value is -2.51. The first-order valence-electron chi connectivity index (χ1n) is 10.8. The molecule has 4 rings (SSSR count). The van der Waals surface area contributed by atoms with Crippen molar-refractivity contribution in [1.29, 1.82) is 0 Å². The minimum atomic E-state index is -3.60. The zero-order chi connectivity index (χ0) is 22.9. The molecule has 0 aliphatic rings. The van der Waals surface area contributed by atoms with E-state index in [4.69, 9.17) is 4.18 Å². The number of nitrogens with one attached hydrogen (secondary N) is 1. The average Bonchev–Trinajstić information content (AvgIpc) is 2.80. The number of aryl methyl sites for hydroxylation is 1. The minimum Gasteiger partial charge on any atom is -0.394 e. The quantitative estimate of drug-likeness (QED) is 0.304. The molecule has 0 aliphatic carbocycles. The summed E-state index contributed by atoms with van der Waals surface area (Å²) in [5, 5.41) is 20.4. The summed E-state index contributed by atoms with van der Waals surface area (Å²) in [4.78, 5) is 0. The Labute approximate surface area is 189 Å². The van der Waals surface area contributed by atoms with E-state index in [9.17, 15) is 13.5 Å². The fraction of sp³-hybridized carbons (Fsp3) is 0.308. The van der Waals surface area contributed by atoms with E-state index in [1.54, 1.807) is 6.92 Å². The lowest BCUT2D eigenvalue weighted by atomic mass is 9.90. The maximum atomic E-state index is 11.4. The summed E-state index contributed by atoms with van der Waals surface area (Å²) in [6, 6.07) is 21.3. The van der Waals surface area contributed by atoms with Crippen LogP contribution in [0.4, 0.5) is 0 Å². The van der Waals surface area contributed by atoms with Gasteiger partial charge in [0.05, 0.1) is 25.0 Å². The summed E-state index contributed by atoms with van der Waals surface area (Å²) < 4.78 is 27.8. The average molecular weight is 452 g/mol. The molecule has 0 fully saturated rings. The molecular weight excluding hydrogens is 422 g/mol. The zero-order valence-corrected chi connectivity index (χ0v) is 19.5. The van der Waals surface area contributed by atoms with Gasteiger partial charge >= 0.3 is 0 Å². The van der Waals surface area contributed by atoms with Crippen LogP contribution in [0.1, 0.15) is 25.0 Å². The normalized spacial score (nSPS) is 14.2. The molecule has 0 radical (unpaired) electrons. The Bertz CT molecular complexity index is 1400. The van der Waals surface area contributed by atoms with Gasteiger partial charge in [0.15, 0.2) is 0 Å². The highest BCUT2D eigenvalue weighted by atomic mass is 32.2. The van der Waals surface area contributed by atoms with Gasteiger partial charge in [-0.1, -0.05) is 55.5 Å². The van der Waals surface area contributed by atoms with Crippen LogP contribution in [0.15, 0.2) is 60.7 Å². The Balaban J connectivity index is 1.83. The molecule has 32 heavy (non-hydrogen) atoms. The Morgan fingerprint density at radius 1 is 0.875 bits per heavy atom. The van der Waals surface area contributed by atoms with Gasteiger partial charge in [-0.3, -0.25) is 4.18 Å². The molecule has 0 saturated carbocycles. The van der Waals surface area contributed by atoms with Gasteiger partial charge in [0.25, 0.3) is 10.1 Å². The lowest BCUT2D eigenvalue weighted by molar-refractivity contribution is 0.118. The third kappa shape index (κ3) is 4.50. The SMILES string of the molecule is CCc1cc2c3ccccc3c(CNC(C)(CO)COS(C)(=O)=O)cc2c2ccccc12. The second kappa shape index (κ2) is 8.79. The van der Waals surface area contributed by atoms with E-state index >= 15 is 0 Å². The summed E-state index contributed by atoms with van der Waals surface area (Å²) in [5.74, 6) is 0. The molecular formula is C26H29NO4S. The molecule has 1 unspecified atom stereocenters. The van der Waals surface area contributed by atoms with Crippen LogP contribution >= 0.6 is 0 Å². The molecule has 5 nitrogen and oxygen atoms in total. The third-order valence-electron chi connectivity index (χ3n) is 6.08. The number of hydrogen-bond acceptors (Lipinski definition) is 5. The maximum absolute atomic E-state index is 11.4. The summed E-state index contributed by atoms with van der Waals surface area (Å²) in [6.45, 7) is 4.00. The Kier molecular flexibility index (Phi) is 6.23. The van der Waals surface area contributed by atoms with Crippen LogP contribution < -0.4 is 5.32 Å². The molecule has 0 bridgehead atoms.